The van der Waals surface area contributed by atoms with Gasteiger partial charge in [0.05, 0.1) is 4.91 Å². The summed E-state index contributed by atoms with van der Waals surface area (Å²) in [5.41, 5.74) is 0. The highest BCUT2D eigenvalue weighted by Gasteiger charge is 2.08. The maximum atomic E-state index is 10.9. The summed E-state index contributed by atoms with van der Waals surface area (Å²) in [5, 5.41) is 0. The first kappa shape index (κ1) is 7.34. The number of halogens is 1. The van der Waals surface area contributed by atoms with Crippen molar-refractivity contribution in [2.75, 3.05) is 0 Å². The van der Waals surface area contributed by atoms with E-state index in [0.29, 0.717) is 6.42 Å². The summed E-state index contributed by atoms with van der Waals surface area (Å²) >= 11 is 2.12. The third kappa shape index (κ3) is 1.82. The number of allylic oxidation sites excluding steroid dienone is 4. The lowest BCUT2D eigenvalue weighted by Gasteiger charge is -2.00. The molecular weight excluding hydrogens is 247 g/mol. The van der Waals surface area contributed by atoms with Gasteiger partial charge in [-0.15, -0.1) is 0 Å². The van der Waals surface area contributed by atoms with Gasteiger partial charge in [0.2, 0.25) is 0 Å². The summed E-state index contributed by atoms with van der Waals surface area (Å²) in [6.07, 6.45) is 6.21. The number of hydrogen-bond donors (Lipinski definition) is 0. The van der Waals surface area contributed by atoms with E-state index in [0.717, 1.165) is 4.91 Å². The van der Waals surface area contributed by atoms with E-state index in [2.05, 4.69) is 21.2 Å². The van der Waals surface area contributed by atoms with Gasteiger partial charge < -0.3 is 0 Å². The third-order valence-electron chi connectivity index (χ3n) is 1.04. The molecule has 0 saturated carbocycles. The lowest BCUT2D eigenvalue weighted by molar-refractivity contribution is -0.114. The van der Waals surface area contributed by atoms with Gasteiger partial charge in [0.15, 0.2) is 5.78 Å². The number of carbonyl (C=O) groups is 1. The van der Waals surface area contributed by atoms with Crippen LogP contribution in [-0.4, -0.2) is 5.78 Å². The molecule has 0 aromatic rings. The SMILES string of the molecule is O=C1CC=CC=C1SI. The van der Waals surface area contributed by atoms with Crippen LogP contribution in [-0.2, 0) is 4.79 Å². The summed E-state index contributed by atoms with van der Waals surface area (Å²) in [6.45, 7) is 0. The van der Waals surface area contributed by atoms with Crippen LogP contribution in [0.1, 0.15) is 6.42 Å². The maximum absolute atomic E-state index is 10.9. The normalized spacial score (nSPS) is 17.9. The first-order valence-corrected chi connectivity index (χ1v) is 5.89. The quantitative estimate of drug-likeness (QED) is 0.667. The molecule has 3 heteroatoms. The predicted octanol–water partition coefficient (Wildman–Crippen LogP) is 2.48. The van der Waals surface area contributed by atoms with Gasteiger partial charge in [0.25, 0.3) is 0 Å². The molecule has 0 spiro atoms. The number of hydrogen-bond acceptors (Lipinski definition) is 2. The van der Waals surface area contributed by atoms with Gasteiger partial charge in [-0.2, -0.15) is 0 Å². The minimum atomic E-state index is 0.233. The maximum Gasteiger partial charge on any atom is 0.173 e. The molecule has 1 aliphatic carbocycles. The van der Waals surface area contributed by atoms with Crippen LogP contribution >= 0.6 is 30.1 Å². The molecule has 0 fully saturated rings. The summed E-state index contributed by atoms with van der Waals surface area (Å²) in [4.78, 5) is 11.7. The van der Waals surface area contributed by atoms with Crippen molar-refractivity contribution in [3.63, 3.8) is 0 Å². The van der Waals surface area contributed by atoms with Crippen LogP contribution < -0.4 is 0 Å². The topological polar surface area (TPSA) is 17.1 Å². The van der Waals surface area contributed by atoms with Crippen molar-refractivity contribution in [1.29, 1.82) is 0 Å². The van der Waals surface area contributed by atoms with Gasteiger partial charge in [0, 0.05) is 27.6 Å². The third-order valence-corrected chi connectivity index (χ3v) is 3.00. The van der Waals surface area contributed by atoms with E-state index >= 15 is 0 Å². The van der Waals surface area contributed by atoms with Crippen molar-refractivity contribution in [3.8, 4) is 0 Å². The summed E-state index contributed by atoms with van der Waals surface area (Å²) in [7, 11) is 1.48. The van der Waals surface area contributed by atoms with Gasteiger partial charge >= 0.3 is 0 Å². The molecule has 0 N–H and O–H groups in total. The fraction of sp³-hybridized carbons (Fsp3) is 0.167. The van der Waals surface area contributed by atoms with E-state index in [4.69, 9.17) is 0 Å². The average molecular weight is 252 g/mol. The van der Waals surface area contributed by atoms with Crippen LogP contribution in [0.25, 0.3) is 0 Å². The van der Waals surface area contributed by atoms with Crippen molar-refractivity contribution < 1.29 is 4.79 Å². The Hall–Kier alpha value is 0.230. The first-order chi connectivity index (χ1) is 4.34. The summed E-state index contributed by atoms with van der Waals surface area (Å²) < 4.78 is 0. The van der Waals surface area contributed by atoms with E-state index in [1.54, 1.807) is 0 Å². The fourth-order valence-corrected chi connectivity index (χ4v) is 2.07. The van der Waals surface area contributed by atoms with E-state index in [9.17, 15) is 4.79 Å². The molecule has 9 heavy (non-hydrogen) atoms. The average Bonchev–Trinajstić information content (AvgIpc) is 1.89. The van der Waals surface area contributed by atoms with Crippen molar-refractivity contribution in [3.05, 3.63) is 23.1 Å². The molecule has 0 amide bonds. The Kier molecular flexibility index (Phi) is 2.78. The molecule has 1 rings (SSSR count). The molecule has 1 aliphatic rings. The Morgan fingerprint density at radius 2 is 2.44 bits per heavy atom. The van der Waals surface area contributed by atoms with Crippen molar-refractivity contribution in [2.24, 2.45) is 0 Å². The van der Waals surface area contributed by atoms with Gasteiger partial charge in [-0.1, -0.05) is 12.2 Å². The predicted molar refractivity (Wildman–Crippen MR) is 48.5 cm³/mol. The first-order valence-electron chi connectivity index (χ1n) is 2.53. The van der Waals surface area contributed by atoms with Gasteiger partial charge in [-0.25, -0.2) is 0 Å². The van der Waals surface area contributed by atoms with Crippen LogP contribution in [0.4, 0.5) is 0 Å². The smallest absolute Gasteiger partial charge is 0.173 e. The molecule has 0 atom stereocenters. The second-order valence-corrected chi connectivity index (χ2v) is 3.58. The van der Waals surface area contributed by atoms with Gasteiger partial charge in [0.1, 0.15) is 0 Å². The number of carbonyl (C=O) groups excluding carboxylic acids is 1. The molecule has 48 valence electrons. The molecule has 0 unspecified atom stereocenters. The number of rotatable bonds is 1. The fourth-order valence-electron chi connectivity index (χ4n) is 0.593. The Morgan fingerprint density at radius 3 is 2.89 bits per heavy atom. The highest BCUT2D eigenvalue weighted by molar-refractivity contribution is 14.2. The number of Topliss-reactive ketones (excluding diaryl/α,β-unsaturated/α-hetero) is 1. The van der Waals surface area contributed by atoms with Crippen LogP contribution in [0.3, 0.4) is 0 Å². The molecule has 0 radical (unpaired) electrons. The zero-order valence-corrected chi connectivity index (χ0v) is 7.61. The largest absolute Gasteiger partial charge is 0.293 e. The van der Waals surface area contributed by atoms with E-state index in [-0.39, 0.29) is 5.78 Å². The lowest BCUT2D eigenvalue weighted by atomic mass is 10.2. The monoisotopic (exact) mass is 252 g/mol. The van der Waals surface area contributed by atoms with Crippen molar-refractivity contribution >= 4 is 35.9 Å². The Balaban J connectivity index is 2.74. The lowest BCUT2D eigenvalue weighted by Crippen LogP contribution is -1.98. The highest BCUT2D eigenvalue weighted by atomic mass is 127. The van der Waals surface area contributed by atoms with E-state index in [1.165, 1.54) is 8.93 Å². The molecule has 0 aromatic carbocycles. The van der Waals surface area contributed by atoms with Crippen LogP contribution in [0.5, 0.6) is 0 Å². The Bertz CT molecular complexity index is 183. The highest BCUT2D eigenvalue weighted by Crippen LogP contribution is 2.27. The second-order valence-electron chi connectivity index (χ2n) is 1.66. The minimum Gasteiger partial charge on any atom is -0.293 e. The number of ketones is 1. The second kappa shape index (κ2) is 3.41. The molecule has 0 saturated heterocycles. The molecule has 0 heterocycles. The standard InChI is InChI=1S/C6H5IOS/c7-9-6-4-2-1-3-5(6)8/h1-2,4H,3H2. The van der Waals surface area contributed by atoms with Gasteiger partial charge in [-0.3, -0.25) is 4.79 Å². The zero-order chi connectivity index (χ0) is 6.69. The summed E-state index contributed by atoms with van der Waals surface area (Å²) in [6, 6.07) is 0. The van der Waals surface area contributed by atoms with Crippen LogP contribution in [0.15, 0.2) is 23.1 Å². The Morgan fingerprint density at radius 1 is 1.67 bits per heavy atom. The van der Waals surface area contributed by atoms with E-state index < -0.39 is 0 Å². The van der Waals surface area contributed by atoms with Gasteiger partial charge in [-0.05, 0) is 15.0 Å². The molecule has 0 aliphatic heterocycles. The molecular formula is C6H5IOS. The van der Waals surface area contributed by atoms with Crippen molar-refractivity contribution in [1.82, 2.24) is 0 Å². The van der Waals surface area contributed by atoms with Crippen LogP contribution in [0.2, 0.25) is 0 Å². The van der Waals surface area contributed by atoms with Crippen LogP contribution in [0, 0.1) is 0 Å². The molecule has 0 aromatic heterocycles. The van der Waals surface area contributed by atoms with E-state index in [1.807, 2.05) is 18.2 Å². The molecule has 0 bridgehead atoms. The Labute approximate surface area is 70.2 Å². The van der Waals surface area contributed by atoms with Crippen molar-refractivity contribution in [2.45, 2.75) is 6.42 Å². The minimum absolute atomic E-state index is 0.233. The summed E-state index contributed by atoms with van der Waals surface area (Å²) in [5.74, 6) is 0.233. The zero-order valence-electron chi connectivity index (χ0n) is 4.63. The molecule has 1 nitrogen and oxygen atoms in total.